The van der Waals surface area contributed by atoms with E-state index in [0.717, 1.165) is 41.5 Å². The van der Waals surface area contributed by atoms with Crippen LogP contribution in [0.5, 0.6) is 0 Å². The molecule has 0 aromatic heterocycles. The number of amides is 2. The van der Waals surface area contributed by atoms with Gasteiger partial charge in [-0.15, -0.1) is 0 Å². The third-order valence-electron chi connectivity index (χ3n) is 12.3. The molecule has 2 aliphatic heterocycles. The second-order valence-corrected chi connectivity index (χ2v) is 16.8. The van der Waals surface area contributed by atoms with Gasteiger partial charge in [-0.25, -0.2) is 9.59 Å². The second kappa shape index (κ2) is 22.8. The first-order valence-electron chi connectivity index (χ1n) is 22.4. The Hall–Kier alpha value is -6.20. The maximum atomic E-state index is 14.1. The fourth-order valence-electron chi connectivity index (χ4n) is 9.11. The van der Waals surface area contributed by atoms with Crippen LogP contribution >= 0.6 is 0 Å². The monoisotopic (exact) mass is 902 g/mol. The summed E-state index contributed by atoms with van der Waals surface area (Å²) in [5, 5.41) is 14.0. The molecule has 2 heterocycles. The van der Waals surface area contributed by atoms with Crippen LogP contribution in [0.4, 0.5) is 9.59 Å². The van der Waals surface area contributed by atoms with Gasteiger partial charge in [-0.1, -0.05) is 138 Å². The van der Waals surface area contributed by atoms with Gasteiger partial charge >= 0.3 is 12.2 Å². The molecule has 2 aliphatic carbocycles. The van der Waals surface area contributed by atoms with Gasteiger partial charge in [0.15, 0.2) is 12.1 Å². The zero-order valence-corrected chi connectivity index (χ0v) is 36.4. The smallest absolute Gasteiger partial charge is 0.407 e. The minimum absolute atomic E-state index is 0.00353. The fourth-order valence-corrected chi connectivity index (χ4v) is 9.11. The van der Waals surface area contributed by atoms with Crippen LogP contribution in [0, 0.1) is 0 Å². The van der Waals surface area contributed by atoms with Crippen LogP contribution < -0.4 is 10.6 Å². The Balaban J connectivity index is 1.15. The number of rotatable bonds is 17. The summed E-state index contributed by atoms with van der Waals surface area (Å²) >= 11 is 0. The lowest BCUT2D eigenvalue weighted by Crippen LogP contribution is -2.73. The molecule has 2 saturated carbocycles. The van der Waals surface area contributed by atoms with E-state index in [4.69, 9.17) is 37.9 Å². The molecule has 0 radical (unpaired) electrons. The van der Waals surface area contributed by atoms with E-state index in [1.807, 2.05) is 121 Å². The minimum Gasteiger partial charge on any atom is -0.445 e. The zero-order valence-electron chi connectivity index (χ0n) is 36.4. The molecule has 4 aromatic carbocycles. The summed E-state index contributed by atoms with van der Waals surface area (Å²) in [5.74, 6) is -1.05. The van der Waals surface area contributed by atoms with E-state index in [-0.39, 0.29) is 39.4 Å². The number of carbonyl (C=O) groups is 2. The number of benzene rings is 4. The lowest BCUT2D eigenvalue weighted by Gasteiger charge is -2.49. The fraction of sp³-hybridized carbons (Fsp3) is 0.458. The van der Waals surface area contributed by atoms with Gasteiger partial charge in [0.05, 0.1) is 50.1 Å². The Bertz CT molecular complexity index is 2270. The van der Waals surface area contributed by atoms with E-state index in [0.29, 0.717) is 12.8 Å². The van der Waals surface area contributed by atoms with Gasteiger partial charge in [-0.3, -0.25) is 0 Å². The largest absolute Gasteiger partial charge is 0.445 e. The molecule has 4 aromatic rings. The third-order valence-corrected chi connectivity index (χ3v) is 12.3. The zero-order chi connectivity index (χ0) is 45.6. The number of hydrogen-bond acceptors (Lipinski definition) is 12. The third kappa shape index (κ3) is 12.0. The molecule has 0 unspecified atom stereocenters. The summed E-state index contributed by atoms with van der Waals surface area (Å²) < 4.78 is 52.3. The molecule has 66 heavy (non-hydrogen) atoms. The van der Waals surface area contributed by atoms with Gasteiger partial charge in [0.1, 0.15) is 37.6 Å². The molecule has 10 atom stereocenters. The lowest BCUT2D eigenvalue weighted by atomic mass is 9.81. The van der Waals surface area contributed by atoms with Crippen LogP contribution in [0.25, 0.3) is 20.9 Å². The van der Waals surface area contributed by atoms with Gasteiger partial charge < -0.3 is 48.5 Å². The molecule has 4 aliphatic rings. The molecule has 18 heteroatoms. The molecular formula is C48H54N8O10. The molecule has 346 valence electrons. The van der Waals surface area contributed by atoms with Crippen molar-refractivity contribution in [2.24, 2.45) is 10.2 Å². The van der Waals surface area contributed by atoms with Crippen LogP contribution in [0.15, 0.2) is 132 Å². The van der Waals surface area contributed by atoms with Crippen molar-refractivity contribution < 1.29 is 47.5 Å². The van der Waals surface area contributed by atoms with Crippen molar-refractivity contribution in [3.8, 4) is 0 Å². The van der Waals surface area contributed by atoms with Gasteiger partial charge in [0.2, 0.25) is 0 Å². The van der Waals surface area contributed by atoms with Crippen molar-refractivity contribution in [1.82, 2.24) is 10.6 Å². The van der Waals surface area contributed by atoms with Crippen LogP contribution in [0.3, 0.4) is 0 Å². The number of hydrogen-bond donors (Lipinski definition) is 2. The van der Waals surface area contributed by atoms with E-state index < -0.39 is 79.0 Å². The van der Waals surface area contributed by atoms with E-state index >= 15 is 0 Å². The van der Waals surface area contributed by atoms with E-state index in [1.54, 1.807) is 0 Å². The maximum Gasteiger partial charge on any atom is 0.407 e. The molecule has 1 spiro atoms. The molecule has 4 fully saturated rings. The molecule has 2 saturated heterocycles. The molecule has 18 nitrogen and oxygen atoms in total. The highest BCUT2D eigenvalue weighted by Crippen LogP contribution is 2.47. The molecular weight excluding hydrogens is 849 g/mol. The summed E-state index contributed by atoms with van der Waals surface area (Å²) in [4.78, 5) is 34.2. The number of ether oxygens (including phenoxy) is 8. The van der Waals surface area contributed by atoms with Gasteiger partial charge in [0.25, 0.3) is 0 Å². The number of azide groups is 2. The SMILES string of the molecule is [N-]=[N+]=NC[C@H]1O[C@H](O[C@@H]2[C@@H](NC(=O)OCc3ccccc3)[C@H](OCc3ccccc3)[C@@H](NC(=O)OCc3ccccc3)[C@@H]3OC4(CCCCC4)O[C@@H]23)[C@H](N=[N+]=[N-])C[C@@H]1OCc1ccccc1. The first-order valence-corrected chi connectivity index (χ1v) is 22.4. The Kier molecular flexibility index (Phi) is 16.0. The van der Waals surface area contributed by atoms with Crippen LogP contribution in [0.2, 0.25) is 0 Å². The summed E-state index contributed by atoms with van der Waals surface area (Å²) in [6, 6.07) is 34.5. The van der Waals surface area contributed by atoms with Gasteiger partial charge in [-0.05, 0) is 52.6 Å². The highest BCUT2D eigenvalue weighted by atomic mass is 16.8. The highest BCUT2D eigenvalue weighted by Gasteiger charge is 2.63. The van der Waals surface area contributed by atoms with Gasteiger partial charge in [0, 0.05) is 22.7 Å². The van der Waals surface area contributed by atoms with E-state index in [9.17, 15) is 20.7 Å². The van der Waals surface area contributed by atoms with E-state index in [1.165, 1.54) is 0 Å². The normalized spacial score (nSPS) is 27.6. The minimum atomic E-state index is -1.27. The quantitative estimate of drug-likeness (QED) is 0.0581. The number of carbonyl (C=O) groups excluding carboxylic acids is 2. The Morgan fingerprint density at radius 3 is 1.70 bits per heavy atom. The summed E-state index contributed by atoms with van der Waals surface area (Å²) in [6.45, 7) is 0.114. The summed E-state index contributed by atoms with van der Waals surface area (Å²) in [6.07, 6.45) is -4.45. The Morgan fingerprint density at radius 2 is 1.15 bits per heavy atom. The van der Waals surface area contributed by atoms with Crippen molar-refractivity contribution in [3.63, 3.8) is 0 Å². The van der Waals surface area contributed by atoms with Crippen LogP contribution in [0.1, 0.15) is 60.8 Å². The highest BCUT2D eigenvalue weighted by molar-refractivity contribution is 5.69. The topological polar surface area (TPSA) is 230 Å². The average molecular weight is 903 g/mol. The van der Waals surface area contributed by atoms with Crippen molar-refractivity contribution in [3.05, 3.63) is 164 Å². The van der Waals surface area contributed by atoms with Crippen LogP contribution in [-0.2, 0) is 64.3 Å². The van der Waals surface area contributed by atoms with E-state index in [2.05, 4.69) is 30.7 Å². The van der Waals surface area contributed by atoms with Crippen molar-refractivity contribution in [2.45, 2.75) is 132 Å². The van der Waals surface area contributed by atoms with Gasteiger partial charge in [-0.2, -0.15) is 0 Å². The number of alkyl carbamates (subject to hydrolysis) is 2. The predicted octanol–water partition coefficient (Wildman–Crippen LogP) is 8.69. The summed E-state index contributed by atoms with van der Waals surface area (Å²) in [5.41, 5.74) is 22.5. The number of nitrogens with zero attached hydrogens (tertiary/aromatic N) is 6. The van der Waals surface area contributed by atoms with Crippen molar-refractivity contribution in [2.75, 3.05) is 6.54 Å². The Morgan fingerprint density at radius 1 is 0.636 bits per heavy atom. The average Bonchev–Trinajstić information content (AvgIpc) is 3.72. The number of nitrogens with one attached hydrogen (secondary N) is 2. The molecule has 0 bridgehead atoms. The van der Waals surface area contributed by atoms with Crippen LogP contribution in [-0.4, -0.2) is 85.6 Å². The summed E-state index contributed by atoms with van der Waals surface area (Å²) in [7, 11) is 0. The first kappa shape index (κ1) is 46.3. The lowest BCUT2D eigenvalue weighted by molar-refractivity contribution is -0.279. The Labute approximate surface area is 382 Å². The van der Waals surface area contributed by atoms with Crippen molar-refractivity contribution >= 4 is 12.2 Å². The van der Waals surface area contributed by atoms with Crippen molar-refractivity contribution in [1.29, 1.82) is 0 Å². The predicted molar refractivity (Wildman–Crippen MR) is 238 cm³/mol. The second-order valence-electron chi connectivity index (χ2n) is 16.8. The standard InChI is InChI=1S/C48H54N8O10/c49-55-51-27-38-37(59-28-32-16-6-1-7-17-32)26-36(54-56-50)45(63-38)64-42-39(52-46(57)61-30-34-20-10-3-11-21-34)41(60-29-33-18-8-2-9-19-33)40(53-47(58)62-31-35-22-12-4-13-23-35)43-44(42)66-48(65-43)24-14-5-15-25-48/h1-4,6-13,16-23,36-45H,5,14-15,24-31H2,(H,52,57)(H,53,58)/t36-,37+,38-,39+,40-,41+,42-,43+,44+,45-/m1/s1. The molecule has 2 amide bonds. The first-order chi connectivity index (χ1) is 32.4. The molecule has 2 N–H and O–H groups in total. The number of fused-ring (bicyclic) bond motifs is 1. The molecule has 8 rings (SSSR count). The maximum absolute atomic E-state index is 14.1.